The van der Waals surface area contributed by atoms with E-state index in [0.29, 0.717) is 30.8 Å². The Bertz CT molecular complexity index is 687. The van der Waals surface area contributed by atoms with E-state index in [-0.39, 0.29) is 11.8 Å². The number of piperidine rings is 1. The maximum absolute atomic E-state index is 12.9. The maximum atomic E-state index is 12.9. The molecule has 1 heterocycles. The fraction of sp³-hybridized carbons (Fsp3) is 0.692. The Labute approximate surface area is 194 Å². The molecule has 2 N–H and O–H groups in total. The number of benzene rings is 1. The topological polar surface area (TPSA) is 70.7 Å². The highest BCUT2D eigenvalue weighted by Crippen LogP contribution is 2.27. The summed E-state index contributed by atoms with van der Waals surface area (Å²) in [6, 6.07) is 5.74. The van der Waals surface area contributed by atoms with E-state index < -0.39 is 0 Å². The van der Waals surface area contributed by atoms with E-state index in [0.717, 1.165) is 50.9 Å². The third-order valence-electron chi connectivity index (χ3n) is 6.04. The summed E-state index contributed by atoms with van der Waals surface area (Å²) in [6.45, 7) is 5.34. The number of carbonyl (C=O) groups is 2. The predicted molar refractivity (Wildman–Crippen MR) is 133 cm³/mol. The van der Waals surface area contributed by atoms with Gasteiger partial charge in [0, 0.05) is 51.1 Å². The van der Waals surface area contributed by atoms with Gasteiger partial charge < -0.3 is 20.3 Å². The van der Waals surface area contributed by atoms with E-state index >= 15 is 0 Å². The van der Waals surface area contributed by atoms with Crippen LogP contribution in [0.3, 0.4) is 0 Å². The molecular weight excluding hydrogens is 402 g/mol. The number of hydrogen-bond donors (Lipinski definition) is 2. The number of hydrogen-bond acceptors (Lipinski definition) is 4. The number of unbranched alkanes of at least 4 members (excludes halogenated alkanes) is 6. The van der Waals surface area contributed by atoms with Gasteiger partial charge in [0.25, 0.3) is 5.91 Å². The number of ether oxygens (including phenoxy) is 1. The van der Waals surface area contributed by atoms with Crippen LogP contribution in [0.4, 0.5) is 11.4 Å². The monoisotopic (exact) mass is 445 g/mol. The van der Waals surface area contributed by atoms with E-state index in [1.54, 1.807) is 7.11 Å². The lowest BCUT2D eigenvalue weighted by molar-refractivity contribution is -0.116. The van der Waals surface area contributed by atoms with Crippen LogP contribution in [-0.4, -0.2) is 45.2 Å². The third-order valence-corrected chi connectivity index (χ3v) is 6.04. The molecule has 0 aromatic heterocycles. The zero-order valence-electron chi connectivity index (χ0n) is 20.2. The second-order valence-electron chi connectivity index (χ2n) is 8.80. The smallest absolute Gasteiger partial charge is 0.253 e. The molecule has 6 nitrogen and oxygen atoms in total. The zero-order chi connectivity index (χ0) is 23.0. The standard InChI is InChI=1S/C26H43N3O3/c1-3-4-5-6-7-8-10-14-25(30)28-22-15-16-24(29-18-11-9-12-19-29)23(21-22)26(31)27-17-13-20-32-2/h15-16,21H,3-14,17-20H2,1-2H3,(H,27,31)(H,28,30). The summed E-state index contributed by atoms with van der Waals surface area (Å²) >= 11 is 0. The van der Waals surface area contributed by atoms with E-state index in [4.69, 9.17) is 4.74 Å². The summed E-state index contributed by atoms with van der Waals surface area (Å²) < 4.78 is 5.07. The van der Waals surface area contributed by atoms with Gasteiger partial charge in [-0.1, -0.05) is 45.4 Å². The Morgan fingerprint density at radius 1 is 0.969 bits per heavy atom. The average molecular weight is 446 g/mol. The van der Waals surface area contributed by atoms with Crippen LogP contribution in [0.1, 0.15) is 94.3 Å². The first-order valence-electron chi connectivity index (χ1n) is 12.6. The van der Waals surface area contributed by atoms with Crippen molar-refractivity contribution in [3.8, 4) is 0 Å². The van der Waals surface area contributed by atoms with Crippen LogP contribution in [0.2, 0.25) is 0 Å². The lowest BCUT2D eigenvalue weighted by Crippen LogP contribution is -2.33. The van der Waals surface area contributed by atoms with Crippen LogP contribution in [0.25, 0.3) is 0 Å². The van der Waals surface area contributed by atoms with E-state index in [1.807, 2.05) is 18.2 Å². The average Bonchev–Trinajstić information content (AvgIpc) is 2.81. The summed E-state index contributed by atoms with van der Waals surface area (Å²) in [5.74, 6) is -0.0689. The molecule has 6 heteroatoms. The number of amides is 2. The van der Waals surface area contributed by atoms with Gasteiger partial charge in [-0.05, 0) is 50.3 Å². The number of rotatable bonds is 15. The maximum Gasteiger partial charge on any atom is 0.253 e. The number of anilines is 2. The number of carbonyl (C=O) groups excluding carboxylic acids is 2. The van der Waals surface area contributed by atoms with Gasteiger partial charge in [-0.25, -0.2) is 0 Å². The van der Waals surface area contributed by atoms with Gasteiger partial charge in [0.1, 0.15) is 0 Å². The van der Waals surface area contributed by atoms with Crippen molar-refractivity contribution in [3.63, 3.8) is 0 Å². The molecule has 0 aliphatic carbocycles. The van der Waals surface area contributed by atoms with Crippen LogP contribution in [0.5, 0.6) is 0 Å². The minimum Gasteiger partial charge on any atom is -0.385 e. The summed E-state index contributed by atoms with van der Waals surface area (Å²) in [6.07, 6.45) is 13.2. The largest absolute Gasteiger partial charge is 0.385 e. The highest BCUT2D eigenvalue weighted by atomic mass is 16.5. The molecule has 0 atom stereocenters. The molecule has 0 saturated carbocycles. The quantitative estimate of drug-likeness (QED) is 0.349. The molecule has 32 heavy (non-hydrogen) atoms. The van der Waals surface area contributed by atoms with Crippen LogP contribution in [-0.2, 0) is 9.53 Å². The summed E-state index contributed by atoms with van der Waals surface area (Å²) in [5, 5.41) is 6.00. The second kappa shape index (κ2) is 15.7. The lowest BCUT2D eigenvalue weighted by atomic mass is 10.1. The van der Waals surface area contributed by atoms with Gasteiger partial charge in [0.15, 0.2) is 0 Å². The Morgan fingerprint density at radius 2 is 1.69 bits per heavy atom. The zero-order valence-corrected chi connectivity index (χ0v) is 20.2. The van der Waals surface area contributed by atoms with Crippen LogP contribution < -0.4 is 15.5 Å². The molecule has 0 bridgehead atoms. The molecule has 180 valence electrons. The molecule has 1 aliphatic rings. The molecule has 0 unspecified atom stereocenters. The number of nitrogens with zero attached hydrogens (tertiary/aromatic N) is 1. The van der Waals surface area contributed by atoms with Crippen molar-refractivity contribution in [3.05, 3.63) is 23.8 Å². The van der Waals surface area contributed by atoms with Gasteiger partial charge in [-0.15, -0.1) is 0 Å². The number of nitrogens with one attached hydrogen (secondary N) is 2. The van der Waals surface area contributed by atoms with Crippen molar-refractivity contribution >= 4 is 23.2 Å². The Kier molecular flexibility index (Phi) is 12.8. The summed E-state index contributed by atoms with van der Waals surface area (Å²) in [7, 11) is 1.66. The van der Waals surface area contributed by atoms with Gasteiger partial charge in [0.05, 0.1) is 5.56 Å². The summed E-state index contributed by atoms with van der Waals surface area (Å²) in [4.78, 5) is 27.6. The molecule has 1 aromatic rings. The van der Waals surface area contributed by atoms with Gasteiger partial charge in [0.2, 0.25) is 5.91 Å². The van der Waals surface area contributed by atoms with Gasteiger partial charge in [-0.3, -0.25) is 9.59 Å². The molecule has 1 saturated heterocycles. The van der Waals surface area contributed by atoms with E-state index in [2.05, 4.69) is 22.5 Å². The van der Waals surface area contributed by atoms with Crippen molar-refractivity contribution in [2.75, 3.05) is 43.6 Å². The van der Waals surface area contributed by atoms with Gasteiger partial charge >= 0.3 is 0 Å². The molecule has 0 spiro atoms. The lowest BCUT2D eigenvalue weighted by Gasteiger charge is -2.30. The fourth-order valence-corrected chi connectivity index (χ4v) is 4.19. The number of methoxy groups -OCH3 is 1. The second-order valence-corrected chi connectivity index (χ2v) is 8.80. The molecule has 1 aliphatic heterocycles. The van der Waals surface area contributed by atoms with Crippen molar-refractivity contribution in [1.82, 2.24) is 5.32 Å². The fourth-order valence-electron chi connectivity index (χ4n) is 4.19. The van der Waals surface area contributed by atoms with Gasteiger partial charge in [-0.2, -0.15) is 0 Å². The minimum absolute atomic E-state index is 0.0238. The van der Waals surface area contributed by atoms with E-state index in [9.17, 15) is 9.59 Å². The molecule has 1 fully saturated rings. The molecule has 2 amide bonds. The summed E-state index contributed by atoms with van der Waals surface area (Å²) in [5.41, 5.74) is 2.29. The normalized spacial score (nSPS) is 13.8. The molecule has 0 radical (unpaired) electrons. The highest BCUT2D eigenvalue weighted by Gasteiger charge is 2.19. The first-order chi connectivity index (χ1) is 15.7. The minimum atomic E-state index is -0.0927. The Hall–Kier alpha value is -2.08. The Balaban J connectivity index is 1.94. The predicted octanol–water partition coefficient (Wildman–Crippen LogP) is 5.52. The van der Waals surface area contributed by atoms with Crippen molar-refractivity contribution < 1.29 is 14.3 Å². The molecular formula is C26H43N3O3. The Morgan fingerprint density at radius 3 is 2.41 bits per heavy atom. The molecule has 2 rings (SSSR count). The van der Waals surface area contributed by atoms with Crippen molar-refractivity contribution in [1.29, 1.82) is 0 Å². The first-order valence-corrected chi connectivity index (χ1v) is 12.6. The van der Waals surface area contributed by atoms with Crippen molar-refractivity contribution in [2.24, 2.45) is 0 Å². The molecule has 1 aromatic carbocycles. The van der Waals surface area contributed by atoms with Crippen LogP contribution in [0.15, 0.2) is 18.2 Å². The highest BCUT2D eigenvalue weighted by molar-refractivity contribution is 6.02. The first kappa shape index (κ1) is 26.2. The SMILES string of the molecule is CCCCCCCCCC(=O)Nc1ccc(N2CCCCC2)c(C(=O)NCCCOC)c1. The van der Waals surface area contributed by atoms with E-state index in [1.165, 1.54) is 38.5 Å². The van der Waals surface area contributed by atoms with Crippen molar-refractivity contribution in [2.45, 2.75) is 84.0 Å². The van der Waals surface area contributed by atoms with Crippen LogP contribution in [0, 0.1) is 0 Å². The van der Waals surface area contributed by atoms with Crippen LogP contribution >= 0.6 is 0 Å². The third kappa shape index (κ3) is 9.60.